The van der Waals surface area contributed by atoms with Crippen molar-refractivity contribution in [2.24, 2.45) is 0 Å². The van der Waals surface area contributed by atoms with Crippen molar-refractivity contribution in [2.75, 3.05) is 0 Å². The van der Waals surface area contributed by atoms with E-state index in [9.17, 15) is 4.79 Å². The summed E-state index contributed by atoms with van der Waals surface area (Å²) in [6.45, 7) is 2.94. The first-order valence-electron chi connectivity index (χ1n) is 3.10. The molecule has 2 unspecified atom stereocenters. The van der Waals surface area contributed by atoms with Gasteiger partial charge >= 0.3 is 0 Å². The van der Waals surface area contributed by atoms with Crippen molar-refractivity contribution >= 4 is 5.78 Å². The smallest absolute Gasteiger partial charge is 0.253 e. The third kappa shape index (κ3) is 0.847. The Hall–Kier alpha value is -0.450. The van der Waals surface area contributed by atoms with E-state index in [0.29, 0.717) is 0 Å². The maximum atomic E-state index is 10.8. The molecule has 58 valence electrons. The first-order valence-corrected chi connectivity index (χ1v) is 3.10. The summed E-state index contributed by atoms with van der Waals surface area (Å²) in [7, 11) is 0. The van der Waals surface area contributed by atoms with Crippen LogP contribution in [0.5, 0.6) is 0 Å². The lowest BCUT2D eigenvalue weighted by Gasteiger charge is -2.15. The van der Waals surface area contributed by atoms with Crippen molar-refractivity contribution in [3.63, 3.8) is 0 Å². The Bertz CT molecular complexity index is 163. The summed E-state index contributed by atoms with van der Waals surface area (Å²) < 4.78 is 4.84. The van der Waals surface area contributed by atoms with Crippen molar-refractivity contribution in [1.29, 1.82) is 0 Å². The zero-order valence-electron chi connectivity index (χ0n) is 5.87. The summed E-state index contributed by atoms with van der Waals surface area (Å²) in [4.78, 5) is 10.8. The van der Waals surface area contributed by atoms with E-state index >= 15 is 0 Å². The van der Waals surface area contributed by atoms with E-state index in [1.165, 1.54) is 13.8 Å². The average Bonchev–Trinajstić information content (AvgIpc) is 1.97. The molecule has 1 aliphatic rings. The number of ketones is 1. The van der Waals surface area contributed by atoms with E-state index in [1.54, 1.807) is 0 Å². The summed E-state index contributed by atoms with van der Waals surface area (Å²) in [5, 5.41) is 18.0. The Morgan fingerprint density at radius 1 is 1.50 bits per heavy atom. The average molecular weight is 146 g/mol. The molecule has 0 radical (unpaired) electrons. The molecule has 4 heteroatoms. The van der Waals surface area contributed by atoms with Gasteiger partial charge in [0.2, 0.25) is 5.78 Å². The molecular formula is C6H10O4. The fraction of sp³-hybridized carbons (Fsp3) is 0.833. The molecule has 0 aromatic rings. The topological polar surface area (TPSA) is 66.8 Å². The molecule has 4 nitrogen and oxygen atoms in total. The molecule has 2 atom stereocenters. The van der Waals surface area contributed by atoms with Crippen molar-refractivity contribution in [2.45, 2.75) is 31.8 Å². The fourth-order valence-electron chi connectivity index (χ4n) is 0.962. The van der Waals surface area contributed by atoms with Crippen LogP contribution in [0.3, 0.4) is 0 Å². The van der Waals surface area contributed by atoms with Crippen LogP contribution in [0.25, 0.3) is 0 Å². The van der Waals surface area contributed by atoms with Gasteiger partial charge in [-0.1, -0.05) is 0 Å². The number of carbonyl (C=O) groups is 1. The largest absolute Gasteiger partial charge is 0.361 e. The third-order valence-electron chi connectivity index (χ3n) is 1.71. The minimum atomic E-state index is -2.28. The molecule has 0 bridgehead atoms. The van der Waals surface area contributed by atoms with E-state index < -0.39 is 23.8 Å². The number of carbonyl (C=O) groups excluding carboxylic acids is 1. The molecular weight excluding hydrogens is 136 g/mol. The molecule has 0 aliphatic carbocycles. The minimum Gasteiger partial charge on any atom is -0.361 e. The second kappa shape index (κ2) is 2.02. The standard InChI is InChI=1S/C6H10O4/c1-3-5(7)6(8,9)4(2)10-3/h3-4,8-9H,1-2H3. The van der Waals surface area contributed by atoms with Gasteiger partial charge in [-0.15, -0.1) is 0 Å². The quantitative estimate of drug-likeness (QED) is 0.432. The number of Topliss-reactive ketones (excluding diaryl/α,β-unsaturated/α-hetero) is 1. The van der Waals surface area contributed by atoms with Gasteiger partial charge in [0.1, 0.15) is 12.2 Å². The number of ether oxygens (including phenoxy) is 1. The van der Waals surface area contributed by atoms with Crippen molar-refractivity contribution in [1.82, 2.24) is 0 Å². The highest BCUT2D eigenvalue weighted by molar-refractivity contribution is 5.91. The van der Waals surface area contributed by atoms with Gasteiger partial charge in [-0.3, -0.25) is 4.79 Å². The zero-order chi connectivity index (χ0) is 7.94. The highest BCUT2D eigenvalue weighted by atomic mass is 16.6. The highest BCUT2D eigenvalue weighted by Crippen LogP contribution is 2.23. The minimum absolute atomic E-state index is 0.667. The predicted molar refractivity (Wildman–Crippen MR) is 32.2 cm³/mol. The molecule has 1 fully saturated rings. The molecule has 1 saturated heterocycles. The van der Waals surface area contributed by atoms with Crippen LogP contribution in [0.2, 0.25) is 0 Å². The molecule has 0 aromatic carbocycles. The van der Waals surface area contributed by atoms with Gasteiger partial charge in [-0.05, 0) is 13.8 Å². The van der Waals surface area contributed by atoms with Crippen molar-refractivity contribution in [3.8, 4) is 0 Å². The summed E-state index contributed by atoms with van der Waals surface area (Å²) >= 11 is 0. The summed E-state index contributed by atoms with van der Waals surface area (Å²) in [6.07, 6.45) is -1.53. The first-order chi connectivity index (χ1) is 4.46. The number of hydrogen-bond donors (Lipinski definition) is 2. The van der Waals surface area contributed by atoms with E-state index in [0.717, 1.165) is 0 Å². The van der Waals surface area contributed by atoms with Crippen LogP contribution in [0.4, 0.5) is 0 Å². The maximum absolute atomic E-state index is 10.8. The van der Waals surface area contributed by atoms with Crippen LogP contribution in [-0.2, 0) is 9.53 Å². The van der Waals surface area contributed by atoms with Crippen LogP contribution in [0.1, 0.15) is 13.8 Å². The molecule has 0 amide bonds. The highest BCUT2D eigenvalue weighted by Gasteiger charge is 2.50. The SMILES string of the molecule is CC1OC(C)C(O)(O)C1=O. The molecule has 1 rings (SSSR count). The second-order valence-electron chi connectivity index (χ2n) is 2.51. The summed E-state index contributed by atoms with van der Waals surface area (Å²) in [6, 6.07) is 0. The van der Waals surface area contributed by atoms with Gasteiger partial charge in [0, 0.05) is 0 Å². The Morgan fingerprint density at radius 3 is 2.10 bits per heavy atom. The fourth-order valence-corrected chi connectivity index (χ4v) is 0.962. The van der Waals surface area contributed by atoms with Gasteiger partial charge in [0.25, 0.3) is 5.79 Å². The lowest BCUT2D eigenvalue weighted by Crippen LogP contribution is -2.43. The number of rotatable bonds is 0. The monoisotopic (exact) mass is 146 g/mol. The maximum Gasteiger partial charge on any atom is 0.253 e. The van der Waals surface area contributed by atoms with E-state index in [1.807, 2.05) is 0 Å². The van der Waals surface area contributed by atoms with Gasteiger partial charge in [-0.2, -0.15) is 0 Å². The zero-order valence-corrected chi connectivity index (χ0v) is 5.87. The molecule has 1 heterocycles. The lowest BCUT2D eigenvalue weighted by atomic mass is 10.1. The van der Waals surface area contributed by atoms with Crippen LogP contribution >= 0.6 is 0 Å². The van der Waals surface area contributed by atoms with Crippen molar-refractivity contribution in [3.05, 3.63) is 0 Å². The summed E-state index contributed by atoms with van der Waals surface area (Å²) in [5.74, 6) is -2.95. The van der Waals surface area contributed by atoms with Gasteiger partial charge < -0.3 is 14.9 Å². The van der Waals surface area contributed by atoms with E-state index in [2.05, 4.69) is 0 Å². The van der Waals surface area contributed by atoms with Crippen LogP contribution in [-0.4, -0.2) is 34.0 Å². The predicted octanol–water partition coefficient (Wildman–Crippen LogP) is -0.956. The number of aliphatic hydroxyl groups is 2. The van der Waals surface area contributed by atoms with Crippen molar-refractivity contribution < 1.29 is 19.7 Å². The first kappa shape index (κ1) is 7.65. The molecule has 1 aliphatic heterocycles. The van der Waals surface area contributed by atoms with Gasteiger partial charge in [0.05, 0.1) is 0 Å². The van der Waals surface area contributed by atoms with E-state index in [4.69, 9.17) is 14.9 Å². The Labute approximate surface area is 58.4 Å². The third-order valence-corrected chi connectivity index (χ3v) is 1.71. The number of hydrogen-bond acceptors (Lipinski definition) is 4. The normalized spacial score (nSPS) is 38.6. The Morgan fingerprint density at radius 2 is 2.00 bits per heavy atom. The van der Waals surface area contributed by atoms with E-state index in [-0.39, 0.29) is 0 Å². The van der Waals surface area contributed by atoms with Crippen LogP contribution in [0.15, 0.2) is 0 Å². The van der Waals surface area contributed by atoms with Crippen LogP contribution < -0.4 is 0 Å². The lowest BCUT2D eigenvalue weighted by molar-refractivity contribution is -0.192. The molecule has 0 saturated carbocycles. The van der Waals surface area contributed by atoms with Gasteiger partial charge in [-0.25, -0.2) is 0 Å². The summed E-state index contributed by atoms with van der Waals surface area (Å²) in [5.41, 5.74) is 0. The Balaban J connectivity index is 2.85. The van der Waals surface area contributed by atoms with Crippen LogP contribution in [0, 0.1) is 0 Å². The van der Waals surface area contributed by atoms with Gasteiger partial charge in [0.15, 0.2) is 0 Å². The molecule has 10 heavy (non-hydrogen) atoms. The Kier molecular flexibility index (Phi) is 1.54. The second-order valence-corrected chi connectivity index (χ2v) is 2.51. The molecule has 2 N–H and O–H groups in total. The molecule has 0 aromatic heterocycles. The molecule has 0 spiro atoms.